The molecular formula is C24H20N4O3S. The van der Waals surface area contributed by atoms with E-state index in [1.165, 1.54) is 28.9 Å². The maximum Gasteiger partial charge on any atom is 0.280 e. The molecule has 0 unspecified atom stereocenters. The summed E-state index contributed by atoms with van der Waals surface area (Å²) < 4.78 is 1.37. The van der Waals surface area contributed by atoms with Crippen molar-refractivity contribution in [1.29, 1.82) is 0 Å². The second-order valence-electron chi connectivity index (χ2n) is 7.11. The van der Waals surface area contributed by atoms with Crippen LogP contribution in [0.15, 0.2) is 98.4 Å². The molecule has 0 saturated heterocycles. The van der Waals surface area contributed by atoms with E-state index in [0.717, 1.165) is 15.5 Å². The number of hydrogen-bond donors (Lipinski definition) is 1. The predicted octanol–water partition coefficient (Wildman–Crippen LogP) is 5.67. The SMILES string of the molecule is CC(=Nc1ccccc1Sc1ccccc1)c1c(C)[nH]n(-c2ccc([N+](=O)[O-])cc2)c1=O. The van der Waals surface area contributed by atoms with Crippen molar-refractivity contribution in [3.63, 3.8) is 0 Å². The zero-order chi connectivity index (χ0) is 22.7. The van der Waals surface area contributed by atoms with Crippen molar-refractivity contribution in [2.75, 3.05) is 0 Å². The minimum absolute atomic E-state index is 0.0319. The van der Waals surface area contributed by atoms with E-state index >= 15 is 0 Å². The molecule has 1 aromatic heterocycles. The van der Waals surface area contributed by atoms with Crippen LogP contribution in [0.4, 0.5) is 11.4 Å². The number of aromatic amines is 1. The van der Waals surface area contributed by atoms with Crippen LogP contribution in [-0.4, -0.2) is 20.4 Å². The van der Waals surface area contributed by atoms with Gasteiger partial charge >= 0.3 is 0 Å². The van der Waals surface area contributed by atoms with E-state index < -0.39 is 4.92 Å². The Morgan fingerprint density at radius 1 is 1.00 bits per heavy atom. The zero-order valence-corrected chi connectivity index (χ0v) is 18.3. The molecular weight excluding hydrogens is 424 g/mol. The fourth-order valence-corrected chi connectivity index (χ4v) is 4.28. The summed E-state index contributed by atoms with van der Waals surface area (Å²) in [4.78, 5) is 30.4. The number of nitrogens with zero attached hydrogens (tertiary/aromatic N) is 3. The summed E-state index contributed by atoms with van der Waals surface area (Å²) in [7, 11) is 0. The summed E-state index contributed by atoms with van der Waals surface area (Å²) in [6.07, 6.45) is 0. The van der Waals surface area contributed by atoms with Crippen LogP contribution in [0.25, 0.3) is 5.69 Å². The highest BCUT2D eigenvalue weighted by atomic mass is 32.2. The number of nitro benzene ring substituents is 1. The van der Waals surface area contributed by atoms with Gasteiger partial charge in [0.25, 0.3) is 11.2 Å². The van der Waals surface area contributed by atoms with E-state index in [2.05, 4.69) is 5.10 Å². The van der Waals surface area contributed by atoms with E-state index in [4.69, 9.17) is 4.99 Å². The lowest BCUT2D eigenvalue weighted by atomic mass is 10.1. The first kappa shape index (κ1) is 21.3. The quantitative estimate of drug-likeness (QED) is 0.235. The highest BCUT2D eigenvalue weighted by Crippen LogP contribution is 2.35. The second-order valence-corrected chi connectivity index (χ2v) is 8.22. The van der Waals surface area contributed by atoms with Gasteiger partial charge in [-0.2, -0.15) is 0 Å². The first-order chi connectivity index (χ1) is 15.4. The summed E-state index contributed by atoms with van der Waals surface area (Å²) in [5, 5.41) is 13.9. The normalized spacial score (nSPS) is 11.5. The Bertz CT molecular complexity index is 1360. The van der Waals surface area contributed by atoms with Gasteiger partial charge in [0.15, 0.2) is 0 Å². The number of non-ortho nitro benzene ring substituents is 1. The van der Waals surface area contributed by atoms with Crippen molar-refractivity contribution < 1.29 is 4.92 Å². The number of hydrogen-bond acceptors (Lipinski definition) is 5. The summed E-state index contributed by atoms with van der Waals surface area (Å²) in [5.74, 6) is 0. The number of para-hydroxylation sites is 1. The van der Waals surface area contributed by atoms with Crippen LogP contribution in [0.2, 0.25) is 0 Å². The zero-order valence-electron chi connectivity index (χ0n) is 17.5. The molecule has 0 saturated carbocycles. The van der Waals surface area contributed by atoms with Crippen molar-refractivity contribution in [2.45, 2.75) is 23.6 Å². The summed E-state index contributed by atoms with van der Waals surface area (Å²) in [6, 6.07) is 23.7. The topological polar surface area (TPSA) is 93.3 Å². The van der Waals surface area contributed by atoms with E-state index in [9.17, 15) is 14.9 Å². The van der Waals surface area contributed by atoms with Crippen molar-refractivity contribution in [3.05, 3.63) is 111 Å². The second kappa shape index (κ2) is 9.07. The molecule has 0 fully saturated rings. The van der Waals surface area contributed by atoms with Crippen LogP contribution < -0.4 is 5.56 Å². The van der Waals surface area contributed by atoms with Gasteiger partial charge in [-0.25, -0.2) is 4.68 Å². The average molecular weight is 445 g/mol. The summed E-state index contributed by atoms with van der Waals surface area (Å²) in [6.45, 7) is 3.62. The fraction of sp³-hybridized carbons (Fsp3) is 0.0833. The van der Waals surface area contributed by atoms with E-state index in [1.54, 1.807) is 11.8 Å². The molecule has 0 aliphatic carbocycles. The van der Waals surface area contributed by atoms with Gasteiger partial charge in [-0.1, -0.05) is 42.1 Å². The number of nitrogens with one attached hydrogen (secondary N) is 1. The number of H-pyrrole nitrogens is 1. The molecule has 160 valence electrons. The first-order valence-electron chi connectivity index (χ1n) is 9.88. The van der Waals surface area contributed by atoms with Gasteiger partial charge in [0, 0.05) is 27.6 Å². The Morgan fingerprint density at radius 3 is 2.34 bits per heavy atom. The smallest absolute Gasteiger partial charge is 0.280 e. The molecule has 0 bridgehead atoms. The number of benzene rings is 3. The van der Waals surface area contributed by atoms with Crippen molar-refractivity contribution in [2.24, 2.45) is 4.99 Å². The van der Waals surface area contributed by atoms with Crippen LogP contribution in [0.1, 0.15) is 18.2 Å². The highest BCUT2D eigenvalue weighted by Gasteiger charge is 2.16. The van der Waals surface area contributed by atoms with Crippen molar-refractivity contribution in [3.8, 4) is 5.69 Å². The molecule has 0 amide bonds. The maximum atomic E-state index is 13.1. The number of aromatic nitrogens is 2. The van der Waals surface area contributed by atoms with Crippen LogP contribution >= 0.6 is 11.8 Å². The lowest BCUT2D eigenvalue weighted by Crippen LogP contribution is -2.19. The molecule has 1 N–H and O–H groups in total. The molecule has 0 spiro atoms. The van der Waals surface area contributed by atoms with Crippen LogP contribution in [0, 0.1) is 17.0 Å². The number of aryl methyl sites for hydroxylation is 1. The van der Waals surface area contributed by atoms with E-state index in [0.29, 0.717) is 22.7 Å². The number of nitro groups is 1. The molecule has 4 aromatic rings. The molecule has 8 heteroatoms. The molecule has 4 rings (SSSR count). The Labute approximate surface area is 188 Å². The van der Waals surface area contributed by atoms with Crippen molar-refractivity contribution >= 4 is 28.8 Å². The fourth-order valence-electron chi connectivity index (χ4n) is 3.37. The summed E-state index contributed by atoms with van der Waals surface area (Å²) in [5.41, 5.74) is 2.74. The molecule has 1 heterocycles. The molecule has 3 aromatic carbocycles. The third-order valence-corrected chi connectivity index (χ3v) is 5.95. The molecule has 0 aliphatic rings. The largest absolute Gasteiger partial charge is 0.295 e. The Hall–Kier alpha value is -3.91. The molecule has 0 aliphatic heterocycles. The van der Waals surface area contributed by atoms with Gasteiger partial charge in [-0.3, -0.25) is 25.0 Å². The monoisotopic (exact) mass is 444 g/mol. The third-order valence-electron chi connectivity index (χ3n) is 4.88. The van der Waals surface area contributed by atoms with Gasteiger partial charge in [0.05, 0.1) is 27.6 Å². The van der Waals surface area contributed by atoms with Gasteiger partial charge in [-0.15, -0.1) is 0 Å². The Balaban J connectivity index is 1.70. The number of aliphatic imine (C=N–C) groups is 1. The van der Waals surface area contributed by atoms with Gasteiger partial charge in [0.2, 0.25) is 0 Å². The number of rotatable bonds is 6. The first-order valence-corrected chi connectivity index (χ1v) is 10.7. The van der Waals surface area contributed by atoms with Gasteiger partial charge < -0.3 is 0 Å². The van der Waals surface area contributed by atoms with E-state index in [1.807, 2.05) is 68.4 Å². The van der Waals surface area contributed by atoms with Crippen LogP contribution in [0.5, 0.6) is 0 Å². The standard InChI is InChI=1S/C24H20N4O3S/c1-16(25-21-10-6-7-11-22(21)32-20-8-4-3-5-9-20)23-17(2)26-27(24(23)29)18-12-14-19(15-13-18)28(30)31/h3-15,26H,1-2H3. The van der Waals surface area contributed by atoms with Gasteiger partial charge in [0.1, 0.15) is 0 Å². The lowest BCUT2D eigenvalue weighted by Gasteiger charge is -2.06. The predicted molar refractivity (Wildman–Crippen MR) is 127 cm³/mol. The molecule has 0 atom stereocenters. The van der Waals surface area contributed by atoms with Crippen LogP contribution in [0.3, 0.4) is 0 Å². The molecule has 32 heavy (non-hydrogen) atoms. The lowest BCUT2D eigenvalue weighted by molar-refractivity contribution is -0.384. The maximum absolute atomic E-state index is 13.1. The Kier molecular flexibility index (Phi) is 6.04. The molecule has 7 nitrogen and oxygen atoms in total. The average Bonchev–Trinajstić information content (AvgIpc) is 3.09. The summed E-state index contributed by atoms with van der Waals surface area (Å²) >= 11 is 1.61. The highest BCUT2D eigenvalue weighted by molar-refractivity contribution is 7.99. The molecule has 0 radical (unpaired) electrons. The van der Waals surface area contributed by atoms with E-state index in [-0.39, 0.29) is 11.2 Å². The van der Waals surface area contributed by atoms with Crippen molar-refractivity contribution in [1.82, 2.24) is 9.78 Å². The minimum atomic E-state index is -0.473. The van der Waals surface area contributed by atoms with Crippen LogP contribution in [-0.2, 0) is 0 Å². The third kappa shape index (κ3) is 4.40. The van der Waals surface area contributed by atoms with Gasteiger partial charge in [-0.05, 0) is 50.2 Å². The minimum Gasteiger partial charge on any atom is -0.295 e. The Morgan fingerprint density at radius 2 is 1.66 bits per heavy atom.